The van der Waals surface area contributed by atoms with Gasteiger partial charge in [0.1, 0.15) is 11.5 Å². The Bertz CT molecular complexity index is 751. The normalized spacial score (nSPS) is 13.4. The summed E-state index contributed by atoms with van der Waals surface area (Å²) in [6, 6.07) is 7.95. The van der Waals surface area contributed by atoms with E-state index in [1.54, 1.807) is 12.5 Å². The third kappa shape index (κ3) is 13.6. The Labute approximate surface area is 233 Å². The van der Waals surface area contributed by atoms with Crippen LogP contribution in [0.3, 0.4) is 0 Å². The summed E-state index contributed by atoms with van der Waals surface area (Å²) < 4.78 is 10.7. The molecule has 0 spiro atoms. The molecule has 0 N–H and O–H groups in total. The van der Waals surface area contributed by atoms with E-state index in [1.807, 2.05) is 24.3 Å². The zero-order valence-electron chi connectivity index (χ0n) is 24.2. The molecule has 0 saturated heterocycles. The van der Waals surface area contributed by atoms with Crippen LogP contribution in [0, 0.1) is 0 Å². The molecular weight excluding hydrogens is 561 g/mol. The fourth-order valence-corrected chi connectivity index (χ4v) is 10.8. The van der Waals surface area contributed by atoms with Crippen LogP contribution in [0.2, 0.25) is 0 Å². The Morgan fingerprint density at radius 3 is 1.06 bits per heavy atom. The molecule has 0 bridgehead atoms. The molecule has 2 aromatic heterocycles. The van der Waals surface area contributed by atoms with Gasteiger partial charge in [0.05, 0.1) is 12.5 Å². The quantitative estimate of drug-likeness (QED) is 0.240. The van der Waals surface area contributed by atoms with Gasteiger partial charge in [0.25, 0.3) is 0 Å². The van der Waals surface area contributed by atoms with Crippen LogP contribution in [0.4, 0.5) is 0 Å². The van der Waals surface area contributed by atoms with Gasteiger partial charge in [0.2, 0.25) is 0 Å². The first-order chi connectivity index (χ1) is 15.4. The Kier molecular flexibility index (Phi) is 14.3. The van der Waals surface area contributed by atoms with E-state index in [4.69, 9.17) is 8.83 Å². The van der Waals surface area contributed by atoms with Gasteiger partial charge >= 0.3 is 0 Å². The molecule has 0 amide bonds. The number of rotatable bonds is 6. The maximum absolute atomic E-state index is 5.34. The summed E-state index contributed by atoms with van der Waals surface area (Å²) in [6.07, 6.45) is 9.80. The second-order valence-electron chi connectivity index (χ2n) is 12.8. The summed E-state index contributed by atoms with van der Waals surface area (Å²) in [5, 5.41) is 1.42. The zero-order chi connectivity index (χ0) is 26.2. The van der Waals surface area contributed by atoms with Gasteiger partial charge < -0.3 is 8.83 Å². The molecular formula is C30H50O2P2Pd. The van der Waals surface area contributed by atoms with Crippen LogP contribution in [0.25, 0.3) is 0 Å². The smallest absolute Gasteiger partial charge is 0.107 e. The monoisotopic (exact) mass is 610 g/mol. The number of hydrogen-bond donors (Lipinski definition) is 0. The summed E-state index contributed by atoms with van der Waals surface area (Å²) in [6.45, 7) is 28.0. The van der Waals surface area contributed by atoms with Gasteiger partial charge in [-0.25, -0.2) is 0 Å². The minimum absolute atomic E-state index is 0. The van der Waals surface area contributed by atoms with E-state index in [0.717, 1.165) is 24.4 Å². The Morgan fingerprint density at radius 1 is 0.571 bits per heavy atom. The van der Waals surface area contributed by atoms with Crippen molar-refractivity contribution in [2.45, 2.75) is 117 Å². The topological polar surface area (TPSA) is 26.3 Å². The minimum atomic E-state index is -0.147. The first-order valence-corrected chi connectivity index (χ1v) is 15.2. The van der Waals surface area contributed by atoms with Crippen LogP contribution in [-0.4, -0.2) is 20.6 Å². The maximum atomic E-state index is 5.34. The second kappa shape index (κ2) is 14.5. The molecule has 0 radical (unpaired) electrons. The molecule has 35 heavy (non-hydrogen) atoms. The van der Waals surface area contributed by atoms with Crippen LogP contribution >= 0.6 is 15.8 Å². The van der Waals surface area contributed by atoms with Crippen molar-refractivity contribution in [2.75, 3.05) is 0 Å². The van der Waals surface area contributed by atoms with Gasteiger partial charge in [-0.05, 0) is 44.9 Å². The van der Waals surface area contributed by atoms with Crippen LogP contribution < -0.4 is 0 Å². The summed E-state index contributed by atoms with van der Waals surface area (Å²) in [5.74, 6) is 6.91. The molecule has 0 aliphatic heterocycles. The molecule has 0 aromatic carbocycles. The predicted octanol–water partition coefficient (Wildman–Crippen LogP) is 10.8. The summed E-state index contributed by atoms with van der Waals surface area (Å²) in [5.41, 5.74) is 0. The summed E-state index contributed by atoms with van der Waals surface area (Å²) in [4.78, 5) is 0. The van der Waals surface area contributed by atoms with E-state index in [0.29, 0.717) is 20.6 Å². The molecule has 2 nitrogen and oxygen atoms in total. The fraction of sp³-hybridized carbons (Fsp3) is 0.600. The van der Waals surface area contributed by atoms with Crippen molar-refractivity contribution in [1.82, 2.24) is 0 Å². The Balaban J connectivity index is 0.000000642. The Hall–Kier alpha value is -0.438. The second-order valence-corrected chi connectivity index (χ2v) is 20.2. The summed E-state index contributed by atoms with van der Waals surface area (Å²) >= 11 is 0. The summed E-state index contributed by atoms with van der Waals surface area (Å²) in [7, 11) is -0.294. The molecule has 0 fully saturated rings. The SMILES string of the molecule is CC(C)(C)P(C=CCc1ccco1)C(C)(C)C.CC(C)(C)P(C=CCc1ccco1)C(C)(C)C.[Pd]. The maximum Gasteiger partial charge on any atom is 0.107 e. The van der Waals surface area contributed by atoms with Crippen LogP contribution in [0.1, 0.15) is 94.6 Å². The third-order valence-corrected chi connectivity index (χ3v) is 12.0. The largest absolute Gasteiger partial charge is 0.469 e. The van der Waals surface area contributed by atoms with E-state index in [1.165, 1.54) is 0 Å². The van der Waals surface area contributed by atoms with Gasteiger partial charge in [0.15, 0.2) is 0 Å². The molecule has 202 valence electrons. The first-order valence-electron chi connectivity index (χ1n) is 12.4. The van der Waals surface area contributed by atoms with Crippen molar-refractivity contribution in [2.24, 2.45) is 0 Å². The van der Waals surface area contributed by atoms with E-state index < -0.39 is 0 Å². The average molecular weight is 611 g/mol. The van der Waals surface area contributed by atoms with Crippen molar-refractivity contribution in [3.63, 3.8) is 0 Å². The number of furan rings is 2. The van der Waals surface area contributed by atoms with Gasteiger partial charge in [-0.15, -0.1) is 0 Å². The molecule has 0 atom stereocenters. The fourth-order valence-electron chi connectivity index (χ4n) is 4.31. The van der Waals surface area contributed by atoms with Crippen LogP contribution in [0.5, 0.6) is 0 Å². The van der Waals surface area contributed by atoms with Gasteiger partial charge in [0, 0.05) is 33.3 Å². The minimum Gasteiger partial charge on any atom is -0.469 e. The molecule has 0 aliphatic carbocycles. The first kappa shape index (κ1) is 34.6. The van der Waals surface area contributed by atoms with Gasteiger partial charge in [-0.1, -0.05) is 123 Å². The van der Waals surface area contributed by atoms with E-state index in [9.17, 15) is 0 Å². The predicted molar refractivity (Wildman–Crippen MR) is 156 cm³/mol. The number of hydrogen-bond acceptors (Lipinski definition) is 2. The Morgan fingerprint density at radius 2 is 0.857 bits per heavy atom. The van der Waals surface area contributed by atoms with Crippen LogP contribution in [-0.2, 0) is 33.3 Å². The molecule has 2 rings (SSSR count). The third-order valence-electron chi connectivity index (χ3n) is 5.20. The molecule has 2 heterocycles. The van der Waals surface area contributed by atoms with Crippen molar-refractivity contribution < 1.29 is 29.3 Å². The molecule has 2 aromatic rings. The van der Waals surface area contributed by atoms with Crippen molar-refractivity contribution >= 4 is 15.8 Å². The van der Waals surface area contributed by atoms with Gasteiger partial charge in [-0.2, -0.15) is 0 Å². The van der Waals surface area contributed by atoms with E-state index in [-0.39, 0.29) is 36.3 Å². The molecule has 0 unspecified atom stereocenters. The standard InChI is InChI=1S/2C15H25OP.Pd/c2*1-14(2,3)17(15(4,5)6)12-8-10-13-9-7-11-16-13;/h2*7-9,11-12H,10H2,1-6H3;. The average Bonchev–Trinajstić information content (AvgIpc) is 3.32. The van der Waals surface area contributed by atoms with Crippen molar-refractivity contribution in [3.05, 3.63) is 72.1 Å². The van der Waals surface area contributed by atoms with Gasteiger partial charge in [-0.3, -0.25) is 0 Å². The molecule has 5 heteroatoms. The molecule has 0 saturated carbocycles. The van der Waals surface area contributed by atoms with Crippen LogP contribution in [0.15, 0.2) is 69.4 Å². The van der Waals surface area contributed by atoms with Crippen molar-refractivity contribution in [3.8, 4) is 0 Å². The molecule has 0 aliphatic rings. The number of allylic oxidation sites excluding steroid dienone is 2. The zero-order valence-corrected chi connectivity index (χ0v) is 27.6. The van der Waals surface area contributed by atoms with Crippen molar-refractivity contribution in [1.29, 1.82) is 0 Å². The van der Waals surface area contributed by atoms with E-state index in [2.05, 4.69) is 107 Å². The van der Waals surface area contributed by atoms with E-state index >= 15 is 0 Å².